The quantitative estimate of drug-likeness (QED) is 0.0330. The molecular weight excluding hydrogens is 1590 g/mol. The second-order valence-corrected chi connectivity index (χ2v) is 35.6. The van der Waals surface area contributed by atoms with E-state index in [1.165, 1.54) is 16.8 Å². The summed E-state index contributed by atoms with van der Waals surface area (Å²) < 4.78 is 32.9. The van der Waals surface area contributed by atoms with Crippen molar-refractivity contribution in [1.29, 1.82) is 0 Å². The molecule has 5 fully saturated rings. The standard InChI is InChI=1S/C94H122N18O13/c1-60-13-8-7-9-14-61(2)82(121-6)50-74-15-12-17-81(123-74)85(116)90(118)111-30-11-10-16-77(111)91(119)124-75(49-78(113)63(4)46-64(5)80(115)51-79(114)62(3)45-60)25-21-65-19-23-73(24-20-65)125-94(120)110-32-28-76-72(58-110)55-100-93(103-76)108-39-35-106(36-40-108)42-44-122-43-41-105-33-37-107(38-34-105)92-98-53-71(54-99-92)89(117)109-31-27-67-47-66(18-22-69(67)57-109)56-112-88-83(86(95)101-59-102-88)84(104-112)70-48-68-26-29-96-87(68)97-52-70/h7-9,13-14,18,22,26,29,46-48,52-55,59-60,62-63,65,73-75,77,80-82,115H,10-12,15-17,19-21,23-25,27-28,30-45,49-51,56-58H2,1-6H3,(H,96,97)(H2,95,101,102)/b9-7+,13-8+,61-14+,64-46+/t60-,62-,63-,65-,73-,74?,75-,77+,80+,81?,82+/m1/s1. The molecule has 8 aliphatic rings. The van der Waals surface area contributed by atoms with Crippen LogP contribution in [0.5, 0.6) is 0 Å². The molecule has 6 aromatic heterocycles. The van der Waals surface area contributed by atoms with E-state index in [2.05, 4.69) is 74.6 Å². The molecule has 15 rings (SSSR count). The lowest BCUT2D eigenvalue weighted by atomic mass is 9.83. The maximum Gasteiger partial charge on any atom is 0.410 e. The monoisotopic (exact) mass is 1710 g/mol. The minimum absolute atomic E-state index is 0.0692. The molecule has 7 aliphatic heterocycles. The fourth-order valence-corrected chi connectivity index (χ4v) is 18.9. The number of aliphatic hydroxyl groups is 1. The highest BCUT2D eigenvalue weighted by atomic mass is 16.6. The molecular formula is C94H122N18O13. The van der Waals surface area contributed by atoms with Crippen LogP contribution in [0, 0.1) is 23.7 Å². The average Bonchev–Trinajstić information content (AvgIpc) is 1.62. The normalized spacial score (nSPS) is 26.9. The first-order chi connectivity index (χ1) is 60.6. The number of aromatic nitrogens is 10. The minimum atomic E-state index is -1.08. The van der Waals surface area contributed by atoms with E-state index in [0.717, 1.165) is 123 Å². The van der Waals surface area contributed by atoms with Gasteiger partial charge in [-0.05, 0) is 156 Å². The highest BCUT2D eigenvalue weighted by Gasteiger charge is 2.43. The van der Waals surface area contributed by atoms with Gasteiger partial charge in [-0.25, -0.2) is 49.2 Å². The van der Waals surface area contributed by atoms with E-state index in [1.54, 1.807) is 50.5 Å². The summed E-state index contributed by atoms with van der Waals surface area (Å²) in [5.74, 6) is -1.49. The highest BCUT2D eigenvalue weighted by molar-refractivity contribution is 6.38. The second-order valence-electron chi connectivity index (χ2n) is 35.6. The van der Waals surface area contributed by atoms with Crippen molar-refractivity contribution >= 4 is 81.0 Å². The number of nitrogens with one attached hydrogen (secondary N) is 1. The molecule has 3 amide bonds. The van der Waals surface area contributed by atoms with Gasteiger partial charge in [-0.3, -0.25) is 33.8 Å². The number of hydrogen-bond acceptors (Lipinski definition) is 26. The van der Waals surface area contributed by atoms with Crippen LogP contribution >= 0.6 is 0 Å². The minimum Gasteiger partial charge on any atom is -0.460 e. The number of anilines is 3. The number of hydrogen-bond donors (Lipinski definition) is 3. The molecule has 31 nitrogen and oxygen atoms in total. The molecule has 0 radical (unpaired) electrons. The summed E-state index contributed by atoms with van der Waals surface area (Å²) in [7, 11) is 1.64. The Kier molecular flexibility index (Phi) is 29.8. The smallest absolute Gasteiger partial charge is 0.410 e. The maximum absolute atomic E-state index is 14.5. The van der Waals surface area contributed by atoms with Crippen molar-refractivity contribution in [3.8, 4) is 11.3 Å². The molecule has 1 aliphatic carbocycles. The third-order valence-corrected chi connectivity index (χ3v) is 26.7. The number of ketones is 3. The summed E-state index contributed by atoms with van der Waals surface area (Å²) in [4.78, 5) is 148. The number of pyridine rings is 1. The number of Topliss-reactive ketones (excluding diaryl/α,β-unsaturated/α-hetero) is 3. The lowest BCUT2D eigenvalue weighted by molar-refractivity contribution is -0.167. The number of nitrogen functional groups attached to an aromatic ring is 1. The van der Waals surface area contributed by atoms with E-state index in [1.807, 2.05) is 78.3 Å². The zero-order valence-corrected chi connectivity index (χ0v) is 73.2. The Morgan fingerprint density at radius 1 is 0.688 bits per heavy atom. The average molecular weight is 1710 g/mol. The van der Waals surface area contributed by atoms with Crippen molar-refractivity contribution in [2.75, 3.05) is 121 Å². The van der Waals surface area contributed by atoms with Gasteiger partial charge in [-0.1, -0.05) is 75.4 Å². The number of methoxy groups -OCH3 is 1. The van der Waals surface area contributed by atoms with E-state index in [4.69, 9.17) is 44.5 Å². The van der Waals surface area contributed by atoms with E-state index < -0.39 is 47.9 Å². The van der Waals surface area contributed by atoms with E-state index >= 15 is 0 Å². The molecule has 7 aromatic rings. The number of nitrogens with two attached hydrogens (primary N) is 1. The zero-order chi connectivity index (χ0) is 87.2. The largest absolute Gasteiger partial charge is 0.460 e. The first-order valence-electron chi connectivity index (χ1n) is 45.2. The molecule has 31 heteroatoms. The van der Waals surface area contributed by atoms with E-state index in [0.29, 0.717) is 181 Å². The van der Waals surface area contributed by atoms with Crippen molar-refractivity contribution in [2.45, 2.75) is 212 Å². The molecule has 2 bridgehead atoms. The molecule has 2 unspecified atom stereocenters. The van der Waals surface area contributed by atoms with Gasteiger partial charge in [0.15, 0.2) is 5.65 Å². The number of ether oxygens (including phenoxy) is 5. The topological polar surface area (TPSA) is 358 Å². The summed E-state index contributed by atoms with van der Waals surface area (Å²) in [5, 5.41) is 17.9. The van der Waals surface area contributed by atoms with Crippen molar-refractivity contribution < 1.29 is 62.4 Å². The summed E-state index contributed by atoms with van der Waals surface area (Å²) in [6, 6.07) is 9.37. The molecule has 1 aromatic carbocycles. The summed E-state index contributed by atoms with van der Waals surface area (Å²) in [6.45, 7) is 21.4. The van der Waals surface area contributed by atoms with Gasteiger partial charge in [0.2, 0.25) is 17.7 Å². The lowest BCUT2D eigenvalue weighted by Crippen LogP contribution is -2.54. The number of nitrogens with zero attached hydrogens (tertiary/aromatic N) is 16. The predicted octanol–water partition coefficient (Wildman–Crippen LogP) is 10.4. The van der Waals surface area contributed by atoms with Gasteiger partial charge in [-0.15, -0.1) is 0 Å². The molecule has 1 saturated carbocycles. The number of piperidine rings is 1. The third-order valence-electron chi connectivity index (χ3n) is 26.7. The fourth-order valence-electron chi connectivity index (χ4n) is 18.9. The number of aromatic amines is 1. The highest BCUT2D eigenvalue weighted by Crippen LogP contribution is 2.37. The van der Waals surface area contributed by atoms with Crippen LogP contribution in [0.25, 0.3) is 33.3 Å². The number of amides is 3. The number of carbonyl (C=O) groups is 7. The van der Waals surface area contributed by atoms with E-state index in [9.17, 15) is 38.7 Å². The van der Waals surface area contributed by atoms with Gasteiger partial charge in [0.1, 0.15) is 59.4 Å². The Morgan fingerprint density at radius 2 is 1.43 bits per heavy atom. The number of fused-ring (bicyclic) bond motifs is 7. The van der Waals surface area contributed by atoms with Crippen LogP contribution in [0.1, 0.15) is 176 Å². The van der Waals surface area contributed by atoms with Crippen LogP contribution in [0.4, 0.5) is 22.5 Å². The van der Waals surface area contributed by atoms with Gasteiger partial charge in [0, 0.05) is 184 Å². The molecule has 13 heterocycles. The Morgan fingerprint density at radius 3 is 2.20 bits per heavy atom. The van der Waals surface area contributed by atoms with Gasteiger partial charge in [0.05, 0.1) is 61.3 Å². The number of cyclic esters (lactones) is 1. The van der Waals surface area contributed by atoms with Crippen LogP contribution in [-0.4, -0.2) is 269 Å². The second kappa shape index (κ2) is 41.7. The first kappa shape index (κ1) is 89.3. The number of piperazine rings is 2. The molecule has 4 N–H and O–H groups in total. The number of carbonyl (C=O) groups excluding carboxylic acids is 7. The number of rotatable bonds is 17. The number of allylic oxidation sites excluding steroid dienone is 6. The Bertz CT molecular complexity index is 5100. The van der Waals surface area contributed by atoms with Crippen LogP contribution in [0.3, 0.4) is 0 Å². The summed E-state index contributed by atoms with van der Waals surface area (Å²) in [5.41, 5.74) is 16.5. The van der Waals surface area contributed by atoms with Crippen molar-refractivity contribution in [3.63, 3.8) is 0 Å². The first-order valence-corrected chi connectivity index (χ1v) is 45.2. The SMILES string of the molecule is CO[C@H]1CC2CCCC(O2)C(=O)C(=O)N2CCCC[C@H]2C(=O)O[C@H](CC[C@H]2CC[C@H](OC(=O)N3CCc4nc(N5CCN(CCOCCN6CCN(c7ncc(C(=O)N8CCc9cc(Cn%10nc(-c%11cnc%12[nH]ccc%12c%11)c%11c(N)ncnc%11%10)ccc9C8)cn7)CC6)CC5)ncc4C3)CC2)CC(=O)[C@H](C)/C=C(\C)[C@@H](O)CC(=O)[C@H](C)C[C@H](C)/C=C/C=C/C=C/1C. The maximum atomic E-state index is 14.5. The van der Waals surface area contributed by atoms with Crippen LogP contribution < -0.4 is 15.5 Å². The van der Waals surface area contributed by atoms with Gasteiger partial charge >= 0.3 is 12.1 Å². The summed E-state index contributed by atoms with van der Waals surface area (Å²) in [6.07, 6.45) is 27.0. The van der Waals surface area contributed by atoms with Crippen LogP contribution in [0.15, 0.2) is 115 Å². The van der Waals surface area contributed by atoms with Crippen molar-refractivity contribution in [2.24, 2.45) is 23.7 Å². The molecule has 0 spiro atoms. The number of aliphatic hydroxyl groups excluding tert-OH is 1. The van der Waals surface area contributed by atoms with Crippen molar-refractivity contribution in [3.05, 3.63) is 149 Å². The lowest BCUT2D eigenvalue weighted by Gasteiger charge is -2.36. The Hall–Kier alpha value is -10.6. The van der Waals surface area contributed by atoms with Crippen LogP contribution in [-0.2, 0) is 80.1 Å². The van der Waals surface area contributed by atoms with Crippen LogP contribution in [0.2, 0.25) is 0 Å². The molecule has 125 heavy (non-hydrogen) atoms. The molecule has 666 valence electrons. The number of H-pyrrole nitrogens is 1. The van der Waals surface area contributed by atoms with Gasteiger partial charge in [-0.2, -0.15) is 5.10 Å². The summed E-state index contributed by atoms with van der Waals surface area (Å²) >= 11 is 0. The van der Waals surface area contributed by atoms with Gasteiger partial charge < -0.3 is 64.0 Å². The van der Waals surface area contributed by atoms with Crippen molar-refractivity contribution in [1.82, 2.24) is 74.2 Å². The zero-order valence-electron chi connectivity index (χ0n) is 73.2. The molecule has 4 saturated heterocycles. The predicted molar refractivity (Wildman–Crippen MR) is 472 cm³/mol. The third kappa shape index (κ3) is 22.5. The van der Waals surface area contributed by atoms with E-state index in [-0.39, 0.29) is 79.0 Å². The fraction of sp³-hybridized carbons (Fsp3) is 0.564. The van der Waals surface area contributed by atoms with Gasteiger partial charge in [0.25, 0.3) is 11.8 Å². The molecule has 9 atom stereocenters. The number of benzene rings is 1. The Balaban J connectivity index is 0.463. The number of esters is 1. The Labute approximate surface area is 731 Å².